The number of hydrogen-bond acceptors (Lipinski definition) is 6. The van der Waals surface area contributed by atoms with E-state index in [4.69, 9.17) is 9.47 Å². The third-order valence-electron chi connectivity index (χ3n) is 6.62. The topological polar surface area (TPSA) is 84.9 Å². The minimum absolute atomic E-state index is 0.0157. The van der Waals surface area contributed by atoms with Gasteiger partial charge < -0.3 is 19.7 Å². The Bertz CT molecular complexity index is 1080. The van der Waals surface area contributed by atoms with E-state index in [1.54, 1.807) is 17.9 Å². The monoisotopic (exact) mass is 462 g/mol. The van der Waals surface area contributed by atoms with Gasteiger partial charge in [0.2, 0.25) is 0 Å². The van der Waals surface area contributed by atoms with Crippen LogP contribution in [0.4, 0.5) is 10.5 Å². The van der Waals surface area contributed by atoms with Crippen molar-refractivity contribution in [3.63, 3.8) is 0 Å². The van der Waals surface area contributed by atoms with Crippen LogP contribution in [0.2, 0.25) is 0 Å². The van der Waals surface area contributed by atoms with Gasteiger partial charge in [0.25, 0.3) is 0 Å². The fourth-order valence-electron chi connectivity index (χ4n) is 5.15. The van der Waals surface area contributed by atoms with E-state index in [2.05, 4.69) is 11.9 Å². The number of rotatable bonds is 7. The zero-order valence-corrected chi connectivity index (χ0v) is 19.5. The van der Waals surface area contributed by atoms with E-state index in [0.717, 1.165) is 22.4 Å². The van der Waals surface area contributed by atoms with Gasteiger partial charge in [0.1, 0.15) is 18.5 Å². The molecule has 7 nitrogen and oxygen atoms in total. The summed E-state index contributed by atoms with van der Waals surface area (Å²) < 4.78 is 11.1. The highest BCUT2D eigenvalue weighted by atomic mass is 16.6. The van der Waals surface area contributed by atoms with Crippen LogP contribution in [-0.4, -0.2) is 48.0 Å². The highest BCUT2D eigenvalue weighted by molar-refractivity contribution is 5.83. The molecule has 2 aromatic rings. The van der Waals surface area contributed by atoms with E-state index in [1.165, 1.54) is 6.92 Å². The van der Waals surface area contributed by atoms with Crippen LogP contribution in [0.25, 0.3) is 6.08 Å². The van der Waals surface area contributed by atoms with Gasteiger partial charge in [-0.25, -0.2) is 4.79 Å². The number of carbonyl (C=O) groups excluding carboxylic acids is 3. The van der Waals surface area contributed by atoms with Crippen molar-refractivity contribution >= 4 is 29.6 Å². The van der Waals surface area contributed by atoms with Crippen LogP contribution in [0.15, 0.2) is 55.1 Å². The largest absolute Gasteiger partial charge is 0.461 e. The van der Waals surface area contributed by atoms with E-state index in [0.29, 0.717) is 13.0 Å². The summed E-state index contributed by atoms with van der Waals surface area (Å²) >= 11 is 0. The number of Topliss-reactive ketones (excluding diaryl/α,β-unsaturated/α-hetero) is 1. The van der Waals surface area contributed by atoms with E-state index >= 15 is 0 Å². The van der Waals surface area contributed by atoms with Gasteiger partial charge in [-0.05, 0) is 35.7 Å². The molecule has 4 unspecified atom stereocenters. The Morgan fingerprint density at radius 3 is 2.62 bits per heavy atom. The lowest BCUT2D eigenvalue weighted by Gasteiger charge is -2.33. The lowest BCUT2D eigenvalue weighted by atomic mass is 9.78. The number of ketones is 1. The minimum atomic E-state index is -0.513. The Balaban J connectivity index is 1.61. The normalized spacial score (nSPS) is 21.8. The summed E-state index contributed by atoms with van der Waals surface area (Å²) in [7, 11) is 0. The number of nitrogens with zero attached hydrogens (tertiary/aromatic N) is 1. The van der Waals surface area contributed by atoms with Gasteiger partial charge >= 0.3 is 12.1 Å². The molecular weight excluding hydrogens is 432 g/mol. The van der Waals surface area contributed by atoms with E-state index < -0.39 is 30.1 Å². The molecule has 4 rings (SSSR count). The van der Waals surface area contributed by atoms with Gasteiger partial charge in [-0.1, -0.05) is 49.1 Å². The summed E-state index contributed by atoms with van der Waals surface area (Å²) in [5, 5.41) is 3.39. The summed E-state index contributed by atoms with van der Waals surface area (Å²) in [5.74, 6) is -1.03. The van der Waals surface area contributed by atoms with Crippen molar-refractivity contribution < 1.29 is 23.9 Å². The number of amides is 1. The third-order valence-corrected chi connectivity index (χ3v) is 6.62. The molecule has 0 spiro atoms. The number of ether oxygens (including phenoxy) is 2. The number of fused-ring (bicyclic) bond motifs is 1. The Kier molecular flexibility index (Phi) is 7.01. The highest BCUT2D eigenvalue weighted by Crippen LogP contribution is 2.42. The smallest absolute Gasteiger partial charge is 0.410 e. The van der Waals surface area contributed by atoms with Gasteiger partial charge in [0.15, 0.2) is 0 Å². The van der Waals surface area contributed by atoms with Crippen LogP contribution in [0.1, 0.15) is 42.9 Å². The zero-order chi connectivity index (χ0) is 24.2. The van der Waals surface area contributed by atoms with Crippen molar-refractivity contribution in [3.8, 4) is 0 Å². The average Bonchev–Trinajstić information content (AvgIpc) is 3.42. The molecule has 178 valence electrons. The highest BCUT2D eigenvalue weighted by Gasteiger charge is 2.47. The van der Waals surface area contributed by atoms with Gasteiger partial charge in [-0.15, -0.1) is 0 Å². The van der Waals surface area contributed by atoms with Crippen molar-refractivity contribution in [1.29, 1.82) is 0 Å². The van der Waals surface area contributed by atoms with Crippen LogP contribution in [-0.2, 0) is 25.7 Å². The molecule has 2 aliphatic heterocycles. The molecule has 0 aliphatic carbocycles. The Hall–Kier alpha value is -3.61. The first kappa shape index (κ1) is 23.5. The molecule has 1 saturated heterocycles. The number of benzene rings is 2. The van der Waals surface area contributed by atoms with Crippen LogP contribution >= 0.6 is 0 Å². The fourth-order valence-corrected chi connectivity index (χ4v) is 5.15. The number of anilines is 1. The maximum Gasteiger partial charge on any atom is 0.410 e. The molecule has 7 heteroatoms. The molecule has 2 aromatic carbocycles. The first-order valence-corrected chi connectivity index (χ1v) is 11.5. The molecule has 1 amide bonds. The molecule has 1 N–H and O–H groups in total. The van der Waals surface area contributed by atoms with Gasteiger partial charge in [0, 0.05) is 43.5 Å². The number of nitrogens with one attached hydrogen (secondary N) is 1. The van der Waals surface area contributed by atoms with Crippen molar-refractivity contribution in [2.24, 2.45) is 5.92 Å². The third kappa shape index (κ3) is 4.98. The summed E-state index contributed by atoms with van der Waals surface area (Å²) in [6.07, 6.45) is 1.16. The average molecular weight is 463 g/mol. The minimum Gasteiger partial charge on any atom is -0.461 e. The second-order valence-corrected chi connectivity index (χ2v) is 8.90. The second-order valence-electron chi connectivity index (χ2n) is 8.90. The maximum atomic E-state index is 13.2. The van der Waals surface area contributed by atoms with Crippen molar-refractivity contribution in [3.05, 3.63) is 71.8 Å². The summed E-state index contributed by atoms with van der Waals surface area (Å²) in [5.41, 5.74) is 3.86. The second kappa shape index (κ2) is 10.1. The first-order chi connectivity index (χ1) is 16.4. The number of esters is 1. The van der Waals surface area contributed by atoms with Crippen LogP contribution < -0.4 is 5.32 Å². The quantitative estimate of drug-likeness (QED) is 0.615. The fraction of sp³-hybridized carbons (Fsp3) is 0.370. The van der Waals surface area contributed by atoms with Crippen LogP contribution in [0, 0.1) is 5.92 Å². The number of likely N-dealkylation sites (tertiary alicyclic amines) is 1. The standard InChI is InChI=1S/C27H30N2O5/c1-4-19-10-11-24-22(12-19)23(14-28-24)26(17(2)30)25-13-21(34-18(3)31)15-29(25)27(32)33-16-20-8-6-5-7-9-20/h4-12,21,23,25-26,28H,1,13-16H2,2-3H3. The van der Waals surface area contributed by atoms with E-state index in [1.807, 2.05) is 48.5 Å². The number of carbonyl (C=O) groups is 3. The lowest BCUT2D eigenvalue weighted by molar-refractivity contribution is -0.145. The summed E-state index contributed by atoms with van der Waals surface area (Å²) in [6.45, 7) is 7.67. The SMILES string of the molecule is C=Cc1ccc2c(c1)C(C(C(C)=O)C1CC(OC(C)=O)CN1C(=O)OCc1ccccc1)CN2. The van der Waals surface area contributed by atoms with E-state index in [9.17, 15) is 14.4 Å². The van der Waals surface area contributed by atoms with Crippen molar-refractivity contribution in [2.45, 2.75) is 44.9 Å². The molecule has 4 atom stereocenters. The van der Waals surface area contributed by atoms with Crippen LogP contribution in [0.3, 0.4) is 0 Å². The number of hydrogen-bond donors (Lipinski definition) is 1. The first-order valence-electron chi connectivity index (χ1n) is 11.5. The molecule has 2 aliphatic rings. The zero-order valence-electron chi connectivity index (χ0n) is 19.5. The molecule has 2 heterocycles. The van der Waals surface area contributed by atoms with Gasteiger partial charge in [-0.2, -0.15) is 0 Å². The van der Waals surface area contributed by atoms with E-state index in [-0.39, 0.29) is 24.9 Å². The summed E-state index contributed by atoms with van der Waals surface area (Å²) in [4.78, 5) is 39.4. The predicted molar refractivity (Wildman–Crippen MR) is 129 cm³/mol. The van der Waals surface area contributed by atoms with Gasteiger partial charge in [0.05, 0.1) is 6.54 Å². The predicted octanol–water partition coefficient (Wildman–Crippen LogP) is 4.39. The molecule has 1 fully saturated rings. The Morgan fingerprint density at radius 1 is 1.18 bits per heavy atom. The van der Waals surface area contributed by atoms with Crippen LogP contribution in [0.5, 0.6) is 0 Å². The molecule has 34 heavy (non-hydrogen) atoms. The maximum absolute atomic E-state index is 13.2. The molecular formula is C27H30N2O5. The summed E-state index contributed by atoms with van der Waals surface area (Å²) in [6, 6.07) is 15.0. The van der Waals surface area contributed by atoms with Gasteiger partial charge in [-0.3, -0.25) is 9.59 Å². The lowest BCUT2D eigenvalue weighted by Crippen LogP contribution is -2.45. The Labute approximate surface area is 199 Å². The molecule has 0 radical (unpaired) electrons. The molecule has 0 aromatic heterocycles. The van der Waals surface area contributed by atoms with Crippen molar-refractivity contribution in [2.75, 3.05) is 18.4 Å². The molecule has 0 saturated carbocycles. The molecule has 0 bridgehead atoms. The van der Waals surface area contributed by atoms with Crippen molar-refractivity contribution in [1.82, 2.24) is 4.90 Å². The Morgan fingerprint density at radius 2 is 1.94 bits per heavy atom.